The van der Waals surface area contributed by atoms with Crippen LogP contribution in [0.15, 0.2) is 24.3 Å². The van der Waals surface area contributed by atoms with Gasteiger partial charge in [-0.15, -0.1) is 0 Å². The summed E-state index contributed by atoms with van der Waals surface area (Å²) < 4.78 is 17.3. The van der Waals surface area contributed by atoms with Crippen LogP contribution in [-0.4, -0.2) is 80.6 Å². The molecule has 0 aromatic carbocycles. The summed E-state index contributed by atoms with van der Waals surface area (Å²) in [4.78, 5) is 37.0. The molecule has 0 amide bonds. The van der Waals surface area contributed by atoms with E-state index in [0.29, 0.717) is 19.3 Å². The second-order valence-corrected chi connectivity index (χ2v) is 16.7. The molecule has 0 spiro atoms. The van der Waals surface area contributed by atoms with Gasteiger partial charge in [0.1, 0.15) is 6.61 Å². The number of hydrogen-bond donors (Lipinski definition) is 1. The molecule has 2 atom stereocenters. The fraction of sp³-hybridized carbons (Fsp3) is 0.851. The molecular weight excluding hydrogens is 691 g/mol. The minimum absolute atomic E-state index is 0.0514. The van der Waals surface area contributed by atoms with E-state index < -0.39 is 18.1 Å². The van der Waals surface area contributed by atoms with E-state index in [2.05, 4.69) is 38.2 Å². The molecule has 0 radical (unpaired) electrons. The molecule has 1 N–H and O–H groups in total. The molecule has 0 saturated heterocycles. The molecule has 8 nitrogen and oxygen atoms in total. The highest BCUT2D eigenvalue weighted by atomic mass is 16.6. The average Bonchev–Trinajstić information content (AvgIpc) is 3.14. The Hall–Kier alpha value is -2.19. The number of carbonyl (C=O) groups is 3. The van der Waals surface area contributed by atoms with Crippen LogP contribution in [0.1, 0.15) is 206 Å². The molecule has 0 aliphatic heterocycles. The van der Waals surface area contributed by atoms with Crippen LogP contribution in [0, 0.1) is 0 Å². The van der Waals surface area contributed by atoms with Gasteiger partial charge < -0.3 is 23.8 Å². The van der Waals surface area contributed by atoms with E-state index in [-0.39, 0.29) is 36.2 Å². The summed E-state index contributed by atoms with van der Waals surface area (Å²) in [5, 5.41) is 9.62. The minimum Gasteiger partial charge on any atom is -0.477 e. The van der Waals surface area contributed by atoms with Gasteiger partial charge in [-0.25, -0.2) is 4.79 Å². The van der Waals surface area contributed by atoms with E-state index in [1.54, 1.807) is 0 Å². The third kappa shape index (κ3) is 37.2. The maximum Gasteiger partial charge on any atom is 0.362 e. The van der Waals surface area contributed by atoms with E-state index in [1.807, 2.05) is 21.1 Å². The van der Waals surface area contributed by atoms with Gasteiger partial charge in [-0.2, -0.15) is 0 Å². The van der Waals surface area contributed by atoms with Crippen molar-refractivity contribution in [3.63, 3.8) is 0 Å². The van der Waals surface area contributed by atoms with Crippen LogP contribution < -0.4 is 0 Å². The predicted molar refractivity (Wildman–Crippen MR) is 229 cm³/mol. The van der Waals surface area contributed by atoms with Gasteiger partial charge in [-0.3, -0.25) is 9.59 Å². The first-order valence-corrected chi connectivity index (χ1v) is 22.9. The number of carboxylic acids is 1. The minimum atomic E-state index is -0.875. The zero-order valence-electron chi connectivity index (χ0n) is 36.6. The van der Waals surface area contributed by atoms with Crippen molar-refractivity contribution in [2.45, 2.75) is 219 Å². The molecule has 2 unspecified atom stereocenters. The van der Waals surface area contributed by atoms with Crippen LogP contribution >= 0.6 is 0 Å². The van der Waals surface area contributed by atoms with E-state index in [0.717, 1.165) is 51.4 Å². The van der Waals surface area contributed by atoms with Crippen molar-refractivity contribution in [3.8, 4) is 0 Å². The summed E-state index contributed by atoms with van der Waals surface area (Å²) in [5.41, 5.74) is 0. The molecule has 0 heterocycles. The first-order chi connectivity index (χ1) is 26.6. The molecule has 0 bridgehead atoms. The van der Waals surface area contributed by atoms with Gasteiger partial charge >= 0.3 is 17.9 Å². The smallest absolute Gasteiger partial charge is 0.362 e. The van der Waals surface area contributed by atoms with Crippen LogP contribution in [-0.2, 0) is 28.6 Å². The third-order valence-electron chi connectivity index (χ3n) is 10.4. The number of esters is 2. The van der Waals surface area contributed by atoms with Gasteiger partial charge in [0.05, 0.1) is 34.4 Å². The Morgan fingerprint density at radius 3 is 1.40 bits per heavy atom. The number of hydrogen-bond acceptors (Lipinski definition) is 6. The summed E-state index contributed by atoms with van der Waals surface area (Å²) in [6, 6.07) is -0.614. The van der Waals surface area contributed by atoms with Crippen molar-refractivity contribution in [2.24, 2.45) is 0 Å². The Kier molecular flexibility index (Phi) is 37.1. The largest absolute Gasteiger partial charge is 0.477 e. The number of ether oxygens (including phenoxy) is 3. The fourth-order valence-electron chi connectivity index (χ4n) is 6.79. The molecule has 0 saturated carbocycles. The zero-order valence-corrected chi connectivity index (χ0v) is 36.6. The number of nitrogens with zero attached hydrogens (tertiary/aromatic N) is 1. The lowest BCUT2D eigenvalue weighted by atomic mass is 10.0. The lowest BCUT2D eigenvalue weighted by molar-refractivity contribution is -0.887. The number of rotatable bonds is 41. The highest BCUT2D eigenvalue weighted by molar-refractivity contribution is 5.72. The molecule has 0 aromatic rings. The number of unbranched alkanes of at least 4 members (excludes halogenated alkanes) is 24. The number of aliphatic carboxylic acids is 1. The van der Waals surface area contributed by atoms with Gasteiger partial charge in [-0.1, -0.05) is 173 Å². The first kappa shape index (κ1) is 52.8. The first-order valence-electron chi connectivity index (χ1n) is 22.9. The normalized spacial score (nSPS) is 13.1. The predicted octanol–water partition coefficient (Wildman–Crippen LogP) is 12.5. The number of quaternary nitrogens is 1. The molecule has 0 fully saturated rings. The molecule has 55 heavy (non-hydrogen) atoms. The maximum absolute atomic E-state index is 12.7. The van der Waals surface area contributed by atoms with E-state index in [1.165, 1.54) is 122 Å². The van der Waals surface area contributed by atoms with Crippen molar-refractivity contribution in [2.75, 3.05) is 41.0 Å². The summed E-state index contributed by atoms with van der Waals surface area (Å²) in [6.45, 7) is 4.72. The standard InChI is InChI=1S/C47H87NO7/c1-6-8-10-12-14-16-18-20-22-24-25-27-29-31-33-35-37-45(49)54-42-43(41-53-40-39-44(47(51)52)48(3,4)5)55-46(50)38-36-34-32-30-28-26-23-21-19-17-15-13-11-9-7-2/h15,17,19,21,43-44H,6-14,16,18,20,22-42H2,1-5H3/p+1/b17-15+,21-19+. The zero-order chi connectivity index (χ0) is 40.7. The Labute approximate surface area is 339 Å². The van der Waals surface area contributed by atoms with Gasteiger partial charge in [-0.05, 0) is 38.5 Å². The highest BCUT2D eigenvalue weighted by Gasteiger charge is 2.31. The Balaban J connectivity index is 4.32. The number of likely N-dealkylation sites (N-methyl/N-ethyl adjacent to an activating group) is 1. The lowest BCUT2D eigenvalue weighted by Crippen LogP contribution is -2.50. The number of carboxylic acid groups (broad SMARTS) is 1. The van der Waals surface area contributed by atoms with Crippen LogP contribution in [0.3, 0.4) is 0 Å². The second-order valence-electron chi connectivity index (χ2n) is 16.7. The van der Waals surface area contributed by atoms with Gasteiger partial charge in [0.15, 0.2) is 12.1 Å². The quantitative estimate of drug-likeness (QED) is 0.0285. The fourth-order valence-corrected chi connectivity index (χ4v) is 6.79. The molecule has 0 aliphatic rings. The van der Waals surface area contributed by atoms with Crippen molar-refractivity contribution in [3.05, 3.63) is 24.3 Å². The Morgan fingerprint density at radius 2 is 0.945 bits per heavy atom. The SMILES string of the molecule is CCCCC/C=C/C=C/CCCCCCCCC(=O)OC(COCCC(C(=O)O)[N+](C)(C)C)COC(=O)CCCCCCCCCCCCCCCCCC. The Bertz CT molecular complexity index is 957. The van der Waals surface area contributed by atoms with E-state index in [9.17, 15) is 19.5 Å². The summed E-state index contributed by atoms with van der Waals surface area (Å²) >= 11 is 0. The summed E-state index contributed by atoms with van der Waals surface area (Å²) in [7, 11) is 5.53. The van der Waals surface area contributed by atoms with Gasteiger partial charge in [0.25, 0.3) is 0 Å². The third-order valence-corrected chi connectivity index (χ3v) is 10.4. The monoisotopic (exact) mass is 779 g/mol. The molecule has 322 valence electrons. The molecule has 8 heteroatoms. The van der Waals surface area contributed by atoms with Crippen molar-refractivity contribution in [1.82, 2.24) is 0 Å². The van der Waals surface area contributed by atoms with Gasteiger partial charge in [0, 0.05) is 19.3 Å². The van der Waals surface area contributed by atoms with Crippen molar-refractivity contribution in [1.29, 1.82) is 0 Å². The molecule has 0 aromatic heterocycles. The van der Waals surface area contributed by atoms with Crippen molar-refractivity contribution < 1.29 is 38.2 Å². The maximum atomic E-state index is 12.7. The van der Waals surface area contributed by atoms with Crippen LogP contribution in [0.25, 0.3) is 0 Å². The topological polar surface area (TPSA) is 99.1 Å². The number of allylic oxidation sites excluding steroid dienone is 4. The van der Waals surface area contributed by atoms with Crippen LogP contribution in [0.2, 0.25) is 0 Å². The second kappa shape index (κ2) is 38.7. The van der Waals surface area contributed by atoms with E-state index in [4.69, 9.17) is 14.2 Å². The molecule has 0 rings (SSSR count). The highest BCUT2D eigenvalue weighted by Crippen LogP contribution is 2.15. The van der Waals surface area contributed by atoms with Crippen molar-refractivity contribution >= 4 is 17.9 Å². The van der Waals surface area contributed by atoms with E-state index >= 15 is 0 Å². The number of carbonyl (C=O) groups excluding carboxylic acids is 2. The van der Waals surface area contributed by atoms with Crippen LogP contribution in [0.5, 0.6) is 0 Å². The summed E-state index contributed by atoms with van der Waals surface area (Å²) in [6.07, 6.45) is 42.1. The molecular formula is C47H88NO7+. The van der Waals surface area contributed by atoms with Crippen LogP contribution in [0.4, 0.5) is 0 Å². The van der Waals surface area contributed by atoms with Gasteiger partial charge in [0.2, 0.25) is 0 Å². The summed E-state index contributed by atoms with van der Waals surface area (Å²) in [5.74, 6) is -1.47. The average molecular weight is 779 g/mol. The molecule has 0 aliphatic carbocycles. The lowest BCUT2D eigenvalue weighted by Gasteiger charge is -2.31. The Morgan fingerprint density at radius 1 is 0.545 bits per heavy atom.